The fourth-order valence-corrected chi connectivity index (χ4v) is 2.59. The third-order valence-corrected chi connectivity index (χ3v) is 3.90. The largest absolute Gasteiger partial charge is 0.423 e. The van der Waals surface area contributed by atoms with Crippen LogP contribution in [0.4, 0.5) is 4.79 Å². The fourth-order valence-electron chi connectivity index (χ4n) is 2.19. The second-order valence-electron chi connectivity index (χ2n) is 5.26. The molecule has 1 saturated heterocycles. The molecule has 1 fully saturated rings. The molecule has 4 amide bonds. The predicted molar refractivity (Wildman–Crippen MR) is 95.2 cm³/mol. The minimum absolute atomic E-state index is 0.191. The van der Waals surface area contributed by atoms with Crippen molar-refractivity contribution < 1.29 is 23.9 Å². The Balaban J connectivity index is 1.73. The number of hydrogen-bond acceptors (Lipinski definition) is 5. The topological polar surface area (TPSA) is 102 Å². The summed E-state index contributed by atoms with van der Waals surface area (Å²) >= 11 is 3.29. The van der Waals surface area contributed by atoms with Crippen molar-refractivity contribution in [1.29, 1.82) is 0 Å². The molecule has 1 heterocycles. The zero-order chi connectivity index (χ0) is 18.7. The molecule has 0 unspecified atom stereocenters. The lowest BCUT2D eigenvalue weighted by atomic mass is 10.1. The Hall–Kier alpha value is -3.26. The van der Waals surface area contributed by atoms with Gasteiger partial charge in [-0.15, -0.1) is 0 Å². The number of halogens is 1. The number of benzene rings is 2. The van der Waals surface area contributed by atoms with E-state index < -0.39 is 23.8 Å². The predicted octanol–water partition coefficient (Wildman–Crippen LogP) is 2.42. The van der Waals surface area contributed by atoms with Gasteiger partial charge >= 0.3 is 12.0 Å². The molecule has 2 N–H and O–H groups in total. The number of amides is 4. The van der Waals surface area contributed by atoms with Crippen molar-refractivity contribution in [3.05, 3.63) is 69.7 Å². The summed E-state index contributed by atoms with van der Waals surface area (Å²) in [5.74, 6) is -1.75. The average Bonchev–Trinajstić information content (AvgIpc) is 2.59. The second kappa shape index (κ2) is 7.32. The fraction of sp³-hybridized carbons (Fsp3) is 0. The van der Waals surface area contributed by atoms with Gasteiger partial charge in [-0.05, 0) is 42.0 Å². The van der Waals surface area contributed by atoms with Crippen molar-refractivity contribution in [1.82, 2.24) is 10.6 Å². The molecule has 0 aliphatic carbocycles. The van der Waals surface area contributed by atoms with E-state index in [2.05, 4.69) is 15.9 Å². The molecular formula is C18H11BrN2O5. The van der Waals surface area contributed by atoms with Gasteiger partial charge in [0.2, 0.25) is 0 Å². The van der Waals surface area contributed by atoms with Gasteiger partial charge in [0.15, 0.2) is 0 Å². The van der Waals surface area contributed by atoms with Crippen LogP contribution in [0.2, 0.25) is 0 Å². The molecule has 0 saturated carbocycles. The maximum absolute atomic E-state index is 12.1. The lowest BCUT2D eigenvalue weighted by Crippen LogP contribution is -2.51. The molecule has 0 atom stereocenters. The molecule has 2 aromatic carbocycles. The van der Waals surface area contributed by atoms with E-state index in [1.807, 2.05) is 10.6 Å². The minimum atomic E-state index is -0.855. The van der Waals surface area contributed by atoms with Gasteiger partial charge in [0.25, 0.3) is 11.8 Å². The molecule has 0 spiro atoms. The van der Waals surface area contributed by atoms with Gasteiger partial charge in [-0.2, -0.15) is 0 Å². The summed E-state index contributed by atoms with van der Waals surface area (Å²) < 4.78 is 6.03. The van der Waals surface area contributed by atoms with Crippen LogP contribution in [0.3, 0.4) is 0 Å². The Morgan fingerprint density at radius 2 is 1.62 bits per heavy atom. The molecule has 3 rings (SSSR count). The van der Waals surface area contributed by atoms with E-state index in [4.69, 9.17) is 4.74 Å². The first-order chi connectivity index (χ1) is 12.4. The van der Waals surface area contributed by atoms with Gasteiger partial charge in [-0.3, -0.25) is 20.2 Å². The number of urea groups is 1. The number of hydrogen-bond donors (Lipinski definition) is 2. The van der Waals surface area contributed by atoms with Crippen LogP contribution in [0.5, 0.6) is 5.75 Å². The van der Waals surface area contributed by atoms with Crippen LogP contribution in [0, 0.1) is 0 Å². The van der Waals surface area contributed by atoms with Crippen LogP contribution >= 0.6 is 15.9 Å². The number of barbiturate groups is 1. The Morgan fingerprint density at radius 1 is 0.962 bits per heavy atom. The number of ether oxygens (including phenoxy) is 1. The SMILES string of the molecule is O=C1NC(=O)C(=Cc2ccc(OC(=O)c3cccc(Br)c3)cc2)C(=O)N1. The highest BCUT2D eigenvalue weighted by molar-refractivity contribution is 9.10. The van der Waals surface area contributed by atoms with Gasteiger partial charge in [-0.25, -0.2) is 9.59 Å². The summed E-state index contributed by atoms with van der Waals surface area (Å²) in [6.07, 6.45) is 1.33. The normalized spacial score (nSPS) is 13.7. The first-order valence-corrected chi connectivity index (χ1v) is 8.18. The summed E-state index contributed by atoms with van der Waals surface area (Å²) in [5, 5.41) is 3.98. The van der Waals surface area contributed by atoms with Crippen LogP contribution in [0.15, 0.2) is 58.6 Å². The highest BCUT2D eigenvalue weighted by atomic mass is 79.9. The van der Waals surface area contributed by atoms with Crippen molar-refractivity contribution in [2.75, 3.05) is 0 Å². The highest BCUT2D eigenvalue weighted by Gasteiger charge is 2.27. The standard InChI is InChI=1S/C18H11BrN2O5/c19-12-3-1-2-11(9-12)17(24)26-13-6-4-10(5-7-13)8-14-15(22)20-18(25)21-16(14)23/h1-9H,(H2,20,21,22,23,25). The van der Waals surface area contributed by atoms with Crippen molar-refractivity contribution in [2.24, 2.45) is 0 Å². The molecule has 2 aromatic rings. The van der Waals surface area contributed by atoms with Crippen LogP contribution in [0.25, 0.3) is 6.08 Å². The monoisotopic (exact) mass is 414 g/mol. The van der Waals surface area contributed by atoms with E-state index in [1.165, 1.54) is 18.2 Å². The van der Waals surface area contributed by atoms with E-state index in [9.17, 15) is 19.2 Å². The van der Waals surface area contributed by atoms with Gasteiger partial charge < -0.3 is 4.74 Å². The molecule has 0 aromatic heterocycles. The van der Waals surface area contributed by atoms with Crippen LogP contribution in [0.1, 0.15) is 15.9 Å². The zero-order valence-corrected chi connectivity index (χ0v) is 14.7. The highest BCUT2D eigenvalue weighted by Crippen LogP contribution is 2.18. The van der Waals surface area contributed by atoms with Crippen molar-refractivity contribution in [3.8, 4) is 5.75 Å². The number of carbonyl (C=O) groups is 4. The van der Waals surface area contributed by atoms with Crippen molar-refractivity contribution >= 4 is 45.8 Å². The molecule has 130 valence electrons. The van der Waals surface area contributed by atoms with Crippen LogP contribution in [-0.4, -0.2) is 23.8 Å². The summed E-state index contributed by atoms with van der Waals surface area (Å²) in [5.41, 5.74) is 0.733. The summed E-state index contributed by atoms with van der Waals surface area (Å²) in [6, 6.07) is 12.2. The second-order valence-corrected chi connectivity index (χ2v) is 6.18. The van der Waals surface area contributed by atoms with Crippen LogP contribution < -0.4 is 15.4 Å². The van der Waals surface area contributed by atoms with E-state index in [0.29, 0.717) is 16.9 Å². The molecule has 26 heavy (non-hydrogen) atoms. The number of carbonyl (C=O) groups excluding carboxylic acids is 4. The minimum Gasteiger partial charge on any atom is -0.423 e. The molecule has 8 heteroatoms. The number of nitrogens with one attached hydrogen (secondary N) is 2. The molecule has 0 bridgehead atoms. The van der Waals surface area contributed by atoms with E-state index in [-0.39, 0.29) is 5.57 Å². The number of esters is 1. The van der Waals surface area contributed by atoms with Gasteiger partial charge in [-0.1, -0.05) is 34.1 Å². The van der Waals surface area contributed by atoms with Crippen LogP contribution in [-0.2, 0) is 9.59 Å². The van der Waals surface area contributed by atoms with E-state index >= 15 is 0 Å². The number of imide groups is 2. The summed E-state index contributed by atoms with van der Waals surface area (Å²) in [6.45, 7) is 0. The van der Waals surface area contributed by atoms with Gasteiger partial charge in [0, 0.05) is 4.47 Å². The average molecular weight is 415 g/mol. The first kappa shape index (κ1) is 17.6. The molecule has 1 aliphatic heterocycles. The summed E-state index contributed by atoms with van der Waals surface area (Å²) in [4.78, 5) is 46.5. The third kappa shape index (κ3) is 4.04. The zero-order valence-electron chi connectivity index (χ0n) is 13.1. The Bertz CT molecular complexity index is 928. The van der Waals surface area contributed by atoms with Crippen molar-refractivity contribution in [3.63, 3.8) is 0 Å². The molecule has 1 aliphatic rings. The smallest absolute Gasteiger partial charge is 0.343 e. The lowest BCUT2D eigenvalue weighted by Gasteiger charge is -2.13. The van der Waals surface area contributed by atoms with Gasteiger partial charge in [0.1, 0.15) is 11.3 Å². The molecule has 7 nitrogen and oxygen atoms in total. The quantitative estimate of drug-likeness (QED) is 0.347. The third-order valence-electron chi connectivity index (χ3n) is 3.41. The number of rotatable bonds is 3. The molecular weight excluding hydrogens is 404 g/mol. The Morgan fingerprint density at radius 3 is 2.23 bits per heavy atom. The first-order valence-electron chi connectivity index (χ1n) is 7.38. The van der Waals surface area contributed by atoms with E-state index in [1.54, 1.807) is 36.4 Å². The maximum Gasteiger partial charge on any atom is 0.343 e. The Labute approximate surface area is 156 Å². The lowest BCUT2D eigenvalue weighted by molar-refractivity contribution is -0.123. The van der Waals surface area contributed by atoms with Crippen molar-refractivity contribution in [2.45, 2.75) is 0 Å². The molecule has 0 radical (unpaired) electrons. The summed E-state index contributed by atoms with van der Waals surface area (Å²) in [7, 11) is 0. The van der Waals surface area contributed by atoms with E-state index in [0.717, 1.165) is 4.47 Å². The Kier molecular flexibility index (Phi) is 4.94. The van der Waals surface area contributed by atoms with Gasteiger partial charge in [0.05, 0.1) is 5.56 Å². The maximum atomic E-state index is 12.1.